The SMILES string of the molecule is CC(=O)[C@H]1C(=O)C[C@](C)(O)[C@@H](C(C)=O)[C@@H]1c1ccc(C)s1. The van der Waals surface area contributed by atoms with Gasteiger partial charge < -0.3 is 5.11 Å². The van der Waals surface area contributed by atoms with Gasteiger partial charge in [-0.3, -0.25) is 14.4 Å². The molecule has 0 spiro atoms. The number of Topliss-reactive ketones (excluding diaryl/α,β-unsaturated/α-hetero) is 3. The summed E-state index contributed by atoms with van der Waals surface area (Å²) in [7, 11) is 0. The smallest absolute Gasteiger partial charge is 0.146 e. The molecule has 0 radical (unpaired) electrons. The first-order valence-electron chi connectivity index (χ1n) is 6.97. The highest BCUT2D eigenvalue weighted by Crippen LogP contribution is 2.47. The molecule has 4 atom stereocenters. The minimum Gasteiger partial charge on any atom is -0.389 e. The van der Waals surface area contributed by atoms with E-state index in [0.29, 0.717) is 0 Å². The van der Waals surface area contributed by atoms with Crippen molar-refractivity contribution >= 4 is 28.7 Å². The first-order chi connectivity index (χ1) is 9.65. The van der Waals surface area contributed by atoms with Crippen molar-refractivity contribution in [2.24, 2.45) is 11.8 Å². The number of carbonyl (C=O) groups is 3. The highest BCUT2D eigenvalue weighted by atomic mass is 32.1. The molecule has 1 aromatic rings. The van der Waals surface area contributed by atoms with Crippen LogP contribution in [0.2, 0.25) is 0 Å². The number of carbonyl (C=O) groups excluding carboxylic acids is 3. The van der Waals surface area contributed by atoms with E-state index in [-0.39, 0.29) is 23.8 Å². The van der Waals surface area contributed by atoms with E-state index in [1.807, 2.05) is 19.1 Å². The Labute approximate surface area is 128 Å². The lowest BCUT2D eigenvalue weighted by molar-refractivity contribution is -0.151. The van der Waals surface area contributed by atoms with Gasteiger partial charge in [0.25, 0.3) is 0 Å². The summed E-state index contributed by atoms with van der Waals surface area (Å²) in [6, 6.07) is 3.76. The second-order valence-electron chi connectivity index (χ2n) is 6.15. The third-order valence-electron chi connectivity index (χ3n) is 4.23. The lowest BCUT2D eigenvalue weighted by Crippen LogP contribution is -2.53. The van der Waals surface area contributed by atoms with Crippen molar-refractivity contribution in [2.75, 3.05) is 0 Å². The third kappa shape index (κ3) is 2.85. The molecule has 1 N–H and O–H groups in total. The van der Waals surface area contributed by atoms with E-state index in [0.717, 1.165) is 9.75 Å². The third-order valence-corrected chi connectivity index (χ3v) is 5.33. The Morgan fingerprint density at radius 3 is 2.33 bits per heavy atom. The number of rotatable bonds is 3. The standard InChI is InChI=1S/C16H20O4S/c1-8-5-6-12(21-8)14-13(9(2)17)11(19)7-16(4,20)15(14)10(3)18/h5-6,13-15,20H,7H2,1-4H3/t13-,14+,15-,16-/m0/s1. The van der Waals surface area contributed by atoms with Gasteiger partial charge in [0.15, 0.2) is 0 Å². The minimum atomic E-state index is -1.41. The molecule has 0 aromatic carbocycles. The number of hydrogen-bond acceptors (Lipinski definition) is 5. The minimum absolute atomic E-state index is 0.150. The molecule has 114 valence electrons. The van der Waals surface area contributed by atoms with Gasteiger partial charge in [0.1, 0.15) is 17.3 Å². The zero-order valence-electron chi connectivity index (χ0n) is 12.7. The Kier molecular flexibility index (Phi) is 4.17. The quantitative estimate of drug-likeness (QED) is 0.870. The molecule has 0 bridgehead atoms. The number of aryl methyl sites for hydroxylation is 1. The first kappa shape index (κ1) is 16.0. The Balaban J connectivity index is 2.60. The van der Waals surface area contributed by atoms with E-state index >= 15 is 0 Å². The Hall–Kier alpha value is -1.33. The van der Waals surface area contributed by atoms with Crippen LogP contribution in [0, 0.1) is 18.8 Å². The van der Waals surface area contributed by atoms with Gasteiger partial charge in [-0.05, 0) is 39.8 Å². The van der Waals surface area contributed by atoms with E-state index in [1.165, 1.54) is 32.1 Å². The topological polar surface area (TPSA) is 71.4 Å². The molecule has 1 aliphatic carbocycles. The molecule has 1 aliphatic rings. The molecule has 2 rings (SSSR count). The van der Waals surface area contributed by atoms with E-state index in [4.69, 9.17) is 0 Å². The molecule has 0 saturated heterocycles. The second kappa shape index (κ2) is 5.46. The summed E-state index contributed by atoms with van der Waals surface area (Å²) in [4.78, 5) is 38.3. The maximum atomic E-state index is 12.3. The maximum absolute atomic E-state index is 12.3. The van der Waals surface area contributed by atoms with E-state index in [9.17, 15) is 19.5 Å². The number of aliphatic hydroxyl groups is 1. The fraction of sp³-hybridized carbons (Fsp3) is 0.562. The van der Waals surface area contributed by atoms with Gasteiger partial charge in [0, 0.05) is 22.1 Å². The van der Waals surface area contributed by atoms with Crippen molar-refractivity contribution < 1.29 is 19.5 Å². The highest BCUT2D eigenvalue weighted by molar-refractivity contribution is 7.12. The summed E-state index contributed by atoms with van der Waals surface area (Å²) in [6.07, 6.45) is -0.150. The van der Waals surface area contributed by atoms with Crippen molar-refractivity contribution in [3.8, 4) is 0 Å². The second-order valence-corrected chi connectivity index (χ2v) is 7.47. The van der Waals surface area contributed by atoms with Crippen molar-refractivity contribution in [3.63, 3.8) is 0 Å². The van der Waals surface area contributed by atoms with Crippen LogP contribution in [0.5, 0.6) is 0 Å². The molecule has 1 fully saturated rings. The van der Waals surface area contributed by atoms with Crippen LogP contribution in [0.15, 0.2) is 12.1 Å². The van der Waals surface area contributed by atoms with Crippen molar-refractivity contribution in [1.82, 2.24) is 0 Å². The Morgan fingerprint density at radius 2 is 1.90 bits per heavy atom. The van der Waals surface area contributed by atoms with E-state index in [2.05, 4.69) is 0 Å². The molecule has 0 aliphatic heterocycles. The molecular weight excluding hydrogens is 288 g/mol. The lowest BCUT2D eigenvalue weighted by atomic mass is 9.61. The van der Waals surface area contributed by atoms with Crippen molar-refractivity contribution in [1.29, 1.82) is 0 Å². The van der Waals surface area contributed by atoms with Gasteiger partial charge in [-0.15, -0.1) is 11.3 Å². The lowest BCUT2D eigenvalue weighted by Gasteiger charge is -2.43. The molecule has 21 heavy (non-hydrogen) atoms. The maximum Gasteiger partial charge on any atom is 0.146 e. The summed E-state index contributed by atoms with van der Waals surface area (Å²) >= 11 is 1.47. The highest BCUT2D eigenvalue weighted by Gasteiger charge is 2.54. The Bertz CT molecular complexity index is 599. The molecule has 4 nitrogen and oxygen atoms in total. The number of hydrogen-bond donors (Lipinski definition) is 1. The van der Waals surface area contributed by atoms with Crippen LogP contribution in [-0.4, -0.2) is 28.1 Å². The summed E-state index contributed by atoms with van der Waals surface area (Å²) in [5, 5.41) is 10.6. The summed E-state index contributed by atoms with van der Waals surface area (Å²) in [6.45, 7) is 6.25. The van der Waals surface area contributed by atoms with Gasteiger partial charge >= 0.3 is 0 Å². The molecule has 0 unspecified atom stereocenters. The average Bonchev–Trinajstić information content (AvgIpc) is 2.71. The van der Waals surface area contributed by atoms with Gasteiger partial charge in [-0.1, -0.05) is 0 Å². The van der Waals surface area contributed by atoms with E-state index in [1.54, 1.807) is 0 Å². The van der Waals surface area contributed by atoms with Crippen LogP contribution < -0.4 is 0 Å². The monoisotopic (exact) mass is 308 g/mol. The zero-order valence-corrected chi connectivity index (χ0v) is 13.5. The first-order valence-corrected chi connectivity index (χ1v) is 7.79. The number of ketones is 3. The summed E-state index contributed by atoms with van der Waals surface area (Å²) < 4.78 is 0. The van der Waals surface area contributed by atoms with Gasteiger partial charge in [0.05, 0.1) is 17.4 Å². The van der Waals surface area contributed by atoms with Crippen LogP contribution >= 0.6 is 11.3 Å². The van der Waals surface area contributed by atoms with Crippen LogP contribution in [-0.2, 0) is 14.4 Å². The van der Waals surface area contributed by atoms with Gasteiger partial charge in [0.2, 0.25) is 0 Å². The largest absolute Gasteiger partial charge is 0.389 e. The molecule has 1 aromatic heterocycles. The average molecular weight is 308 g/mol. The molecule has 1 heterocycles. The summed E-state index contributed by atoms with van der Waals surface area (Å²) in [5.74, 6) is -2.83. The van der Waals surface area contributed by atoms with Crippen molar-refractivity contribution in [2.45, 2.75) is 45.6 Å². The predicted molar refractivity (Wildman–Crippen MR) is 80.4 cm³/mol. The fourth-order valence-corrected chi connectivity index (χ4v) is 4.54. The molecule has 0 amide bonds. The van der Waals surface area contributed by atoms with Crippen LogP contribution in [0.1, 0.15) is 42.9 Å². The van der Waals surface area contributed by atoms with Crippen LogP contribution in [0.3, 0.4) is 0 Å². The van der Waals surface area contributed by atoms with Crippen molar-refractivity contribution in [3.05, 3.63) is 21.9 Å². The van der Waals surface area contributed by atoms with Gasteiger partial charge in [-0.25, -0.2) is 0 Å². The number of thiophene rings is 1. The van der Waals surface area contributed by atoms with Crippen LogP contribution in [0.4, 0.5) is 0 Å². The van der Waals surface area contributed by atoms with Crippen LogP contribution in [0.25, 0.3) is 0 Å². The normalized spacial score (nSPS) is 33.0. The fourth-order valence-electron chi connectivity index (χ4n) is 3.48. The van der Waals surface area contributed by atoms with E-state index < -0.39 is 23.4 Å². The molecular formula is C16H20O4S. The van der Waals surface area contributed by atoms with Gasteiger partial charge in [-0.2, -0.15) is 0 Å². The molecule has 5 heteroatoms. The molecule has 1 saturated carbocycles. The zero-order chi connectivity index (χ0) is 15.9. The summed E-state index contributed by atoms with van der Waals surface area (Å²) in [5.41, 5.74) is -1.41. The predicted octanol–water partition coefficient (Wildman–Crippen LogP) is 2.27. The Morgan fingerprint density at radius 1 is 1.29 bits per heavy atom.